The van der Waals surface area contributed by atoms with Crippen LogP contribution in [-0.2, 0) is 0 Å². The summed E-state index contributed by atoms with van der Waals surface area (Å²) in [6, 6.07) is 18.1. The zero-order chi connectivity index (χ0) is 21.1. The van der Waals surface area contributed by atoms with Gasteiger partial charge in [0.1, 0.15) is 23.5 Å². The summed E-state index contributed by atoms with van der Waals surface area (Å²) < 4.78 is 0. The fourth-order valence-electron chi connectivity index (χ4n) is 3.86. The first kappa shape index (κ1) is 19.7. The smallest absolute Gasteiger partial charge is 0.136 e. The normalized spacial score (nSPS) is 13.8. The number of rotatable bonds is 4. The lowest BCUT2D eigenvalue weighted by atomic mass is 10.1. The Balaban J connectivity index is 1.50. The fourth-order valence-corrected chi connectivity index (χ4v) is 3.86. The Kier molecular flexibility index (Phi) is 5.53. The number of hydrogen-bond donors (Lipinski definition) is 1. The zero-order valence-electron chi connectivity index (χ0n) is 17.7. The number of anilines is 4. The average molecular weight is 399 g/mol. The van der Waals surface area contributed by atoms with Crippen LogP contribution < -0.4 is 15.1 Å². The van der Waals surface area contributed by atoms with Crippen molar-refractivity contribution in [2.75, 3.05) is 41.3 Å². The van der Waals surface area contributed by atoms with Crippen molar-refractivity contribution in [3.63, 3.8) is 0 Å². The van der Waals surface area contributed by atoms with E-state index in [0.717, 1.165) is 37.7 Å². The third kappa shape index (κ3) is 4.06. The monoisotopic (exact) mass is 398 g/mol. The molecular weight excluding hydrogens is 372 g/mol. The molecule has 0 aliphatic carbocycles. The number of aryl methyl sites for hydroxylation is 2. The summed E-state index contributed by atoms with van der Waals surface area (Å²) in [7, 11) is 0. The largest absolute Gasteiger partial charge is 0.368 e. The van der Waals surface area contributed by atoms with E-state index in [1.165, 1.54) is 16.8 Å². The van der Waals surface area contributed by atoms with Crippen LogP contribution in [0.5, 0.6) is 0 Å². The third-order valence-corrected chi connectivity index (χ3v) is 5.66. The van der Waals surface area contributed by atoms with Gasteiger partial charge in [-0.05, 0) is 50.1 Å². The van der Waals surface area contributed by atoms with E-state index in [1.807, 2.05) is 31.2 Å². The SMILES string of the molecule is Cc1nc(Nc2ccccc2C#N)cc(N2CCN(c3cccc(C)c3C)CC2)n1. The van der Waals surface area contributed by atoms with E-state index in [4.69, 9.17) is 0 Å². The molecule has 6 nitrogen and oxygen atoms in total. The van der Waals surface area contributed by atoms with Crippen LogP contribution in [0, 0.1) is 32.1 Å². The summed E-state index contributed by atoms with van der Waals surface area (Å²) >= 11 is 0. The van der Waals surface area contributed by atoms with Gasteiger partial charge in [0.15, 0.2) is 0 Å². The lowest BCUT2D eigenvalue weighted by Gasteiger charge is -2.37. The van der Waals surface area contributed by atoms with Gasteiger partial charge in [0.25, 0.3) is 0 Å². The molecule has 0 radical (unpaired) electrons. The molecule has 6 heteroatoms. The van der Waals surface area contributed by atoms with Crippen molar-refractivity contribution in [2.45, 2.75) is 20.8 Å². The number of nitrogens with one attached hydrogen (secondary N) is 1. The van der Waals surface area contributed by atoms with Crippen LogP contribution in [-0.4, -0.2) is 36.1 Å². The summed E-state index contributed by atoms with van der Waals surface area (Å²) in [6.07, 6.45) is 0. The number of aromatic nitrogens is 2. The first-order chi connectivity index (χ1) is 14.5. The Morgan fingerprint density at radius 3 is 2.40 bits per heavy atom. The third-order valence-electron chi connectivity index (χ3n) is 5.66. The highest BCUT2D eigenvalue weighted by Crippen LogP contribution is 2.26. The van der Waals surface area contributed by atoms with Crippen LogP contribution in [0.25, 0.3) is 0 Å². The van der Waals surface area contributed by atoms with Gasteiger partial charge in [0.05, 0.1) is 11.3 Å². The number of benzene rings is 2. The summed E-state index contributed by atoms with van der Waals surface area (Å²) in [5, 5.41) is 12.6. The minimum absolute atomic E-state index is 0.595. The molecule has 3 aromatic rings. The Morgan fingerprint density at radius 2 is 1.63 bits per heavy atom. The Morgan fingerprint density at radius 1 is 0.900 bits per heavy atom. The maximum atomic E-state index is 9.33. The van der Waals surface area contributed by atoms with Gasteiger partial charge in [0.2, 0.25) is 0 Å². The van der Waals surface area contributed by atoms with Gasteiger partial charge < -0.3 is 15.1 Å². The Hall–Kier alpha value is -3.59. The van der Waals surface area contributed by atoms with Crippen LogP contribution >= 0.6 is 0 Å². The molecule has 30 heavy (non-hydrogen) atoms. The van der Waals surface area contributed by atoms with Crippen molar-refractivity contribution in [1.29, 1.82) is 5.26 Å². The summed E-state index contributed by atoms with van der Waals surface area (Å²) in [4.78, 5) is 13.9. The lowest BCUT2D eigenvalue weighted by molar-refractivity contribution is 0.644. The van der Waals surface area contributed by atoms with E-state index in [2.05, 4.69) is 63.2 Å². The van der Waals surface area contributed by atoms with Gasteiger partial charge in [0, 0.05) is 37.9 Å². The Bertz CT molecular complexity index is 1090. The van der Waals surface area contributed by atoms with E-state index in [9.17, 15) is 5.26 Å². The molecule has 1 N–H and O–H groups in total. The standard InChI is InChI=1S/C24H26N6/c1-17-7-6-10-22(18(17)2)29-11-13-30(14-12-29)24-15-23(26-19(3)27-24)28-21-9-5-4-8-20(21)16-25/h4-10,15H,11-14H2,1-3H3,(H,26,27,28). The van der Waals surface area contributed by atoms with Crippen molar-refractivity contribution < 1.29 is 0 Å². The van der Waals surface area contributed by atoms with Gasteiger partial charge in [-0.3, -0.25) is 0 Å². The van der Waals surface area contributed by atoms with Crippen LogP contribution in [0.3, 0.4) is 0 Å². The first-order valence-corrected chi connectivity index (χ1v) is 10.2. The summed E-state index contributed by atoms with van der Waals surface area (Å²) in [6.45, 7) is 9.97. The van der Waals surface area contributed by atoms with Crippen molar-refractivity contribution in [2.24, 2.45) is 0 Å². The van der Waals surface area contributed by atoms with Gasteiger partial charge in [-0.1, -0.05) is 24.3 Å². The second-order valence-corrected chi connectivity index (χ2v) is 7.63. The maximum Gasteiger partial charge on any atom is 0.136 e. The van der Waals surface area contributed by atoms with Gasteiger partial charge in [-0.25, -0.2) is 9.97 Å². The number of para-hydroxylation sites is 1. The van der Waals surface area contributed by atoms with E-state index in [0.29, 0.717) is 17.2 Å². The van der Waals surface area contributed by atoms with Crippen molar-refractivity contribution >= 4 is 23.0 Å². The molecule has 1 aliphatic heterocycles. The van der Waals surface area contributed by atoms with Gasteiger partial charge in [-0.15, -0.1) is 0 Å². The predicted molar refractivity (Wildman–Crippen MR) is 122 cm³/mol. The van der Waals surface area contributed by atoms with Crippen LogP contribution in [0.4, 0.5) is 23.0 Å². The van der Waals surface area contributed by atoms with E-state index in [1.54, 1.807) is 6.07 Å². The quantitative estimate of drug-likeness (QED) is 0.705. The molecule has 4 rings (SSSR count). The minimum Gasteiger partial charge on any atom is -0.368 e. The minimum atomic E-state index is 0.595. The highest BCUT2D eigenvalue weighted by Gasteiger charge is 2.20. The topological polar surface area (TPSA) is 68.1 Å². The highest BCUT2D eigenvalue weighted by molar-refractivity contribution is 5.66. The number of piperazine rings is 1. The molecule has 152 valence electrons. The molecule has 0 unspecified atom stereocenters. The summed E-state index contributed by atoms with van der Waals surface area (Å²) in [5.74, 6) is 2.33. The molecule has 1 aliphatic rings. The molecule has 2 aromatic carbocycles. The lowest BCUT2D eigenvalue weighted by Crippen LogP contribution is -2.47. The maximum absolute atomic E-state index is 9.33. The molecule has 0 atom stereocenters. The molecular formula is C24H26N6. The van der Waals surface area contributed by atoms with Crippen LogP contribution in [0.2, 0.25) is 0 Å². The molecule has 0 spiro atoms. The van der Waals surface area contributed by atoms with Crippen LogP contribution in [0.1, 0.15) is 22.5 Å². The van der Waals surface area contributed by atoms with Gasteiger partial charge in [-0.2, -0.15) is 5.26 Å². The summed E-state index contributed by atoms with van der Waals surface area (Å²) in [5.41, 5.74) is 5.35. The number of hydrogen-bond acceptors (Lipinski definition) is 6. The first-order valence-electron chi connectivity index (χ1n) is 10.2. The second kappa shape index (κ2) is 8.42. The van der Waals surface area contributed by atoms with E-state index in [-0.39, 0.29) is 0 Å². The molecule has 1 aromatic heterocycles. The van der Waals surface area contributed by atoms with Crippen molar-refractivity contribution in [1.82, 2.24) is 9.97 Å². The van der Waals surface area contributed by atoms with Crippen molar-refractivity contribution in [3.05, 3.63) is 71.0 Å². The van der Waals surface area contributed by atoms with E-state index >= 15 is 0 Å². The second-order valence-electron chi connectivity index (χ2n) is 7.63. The molecule has 0 saturated carbocycles. The molecule has 1 saturated heterocycles. The molecule has 2 heterocycles. The fraction of sp³-hybridized carbons (Fsp3) is 0.292. The molecule has 0 amide bonds. The number of nitriles is 1. The Labute approximate surface area is 177 Å². The highest BCUT2D eigenvalue weighted by atomic mass is 15.3. The van der Waals surface area contributed by atoms with Crippen molar-refractivity contribution in [3.8, 4) is 6.07 Å². The number of nitrogens with zero attached hydrogens (tertiary/aromatic N) is 5. The van der Waals surface area contributed by atoms with Crippen LogP contribution in [0.15, 0.2) is 48.5 Å². The zero-order valence-corrected chi connectivity index (χ0v) is 17.7. The predicted octanol–water partition coefficient (Wildman–Crippen LogP) is 4.34. The van der Waals surface area contributed by atoms with Gasteiger partial charge >= 0.3 is 0 Å². The molecule has 0 bridgehead atoms. The average Bonchev–Trinajstić information content (AvgIpc) is 2.76. The van der Waals surface area contributed by atoms with E-state index < -0.39 is 0 Å². The molecule has 1 fully saturated rings.